The number of aryl methyl sites for hydroxylation is 1. The van der Waals surface area contributed by atoms with Crippen LogP contribution in [0.1, 0.15) is 16.2 Å². The van der Waals surface area contributed by atoms with Crippen molar-refractivity contribution in [3.63, 3.8) is 0 Å². The van der Waals surface area contributed by atoms with Gasteiger partial charge in [-0.1, -0.05) is 18.2 Å². The van der Waals surface area contributed by atoms with E-state index in [0.29, 0.717) is 23.9 Å². The molecule has 4 heterocycles. The van der Waals surface area contributed by atoms with Crippen LogP contribution in [0.25, 0.3) is 27.9 Å². The van der Waals surface area contributed by atoms with Crippen LogP contribution in [0.2, 0.25) is 0 Å². The van der Waals surface area contributed by atoms with Crippen LogP contribution in [0, 0.1) is 0 Å². The van der Waals surface area contributed by atoms with Crippen LogP contribution in [-0.4, -0.2) is 25.0 Å². The van der Waals surface area contributed by atoms with Crippen molar-refractivity contribution in [2.75, 3.05) is 0 Å². The molecule has 0 bridgehead atoms. The average molecular weight is 371 g/mol. The van der Waals surface area contributed by atoms with E-state index in [1.807, 2.05) is 41.9 Å². The standard InChI is InChI=1S/C21H17N5O2/c1-25-16-8-3-2-7-15(16)19-17(25)12-18(26(19)21-22-9-5-10-23-21)20(27)24-13-14-6-4-11-28-14/h2-12H,13H2,1H3,(H,24,27). The summed E-state index contributed by atoms with van der Waals surface area (Å²) in [4.78, 5) is 21.8. The Bertz CT molecular complexity index is 1280. The number of rotatable bonds is 4. The van der Waals surface area contributed by atoms with Crippen LogP contribution in [0.5, 0.6) is 0 Å². The molecule has 0 fully saturated rings. The minimum Gasteiger partial charge on any atom is -0.467 e. The molecule has 4 aromatic heterocycles. The van der Waals surface area contributed by atoms with Gasteiger partial charge in [0.05, 0.1) is 29.4 Å². The Kier molecular flexibility index (Phi) is 3.72. The molecule has 28 heavy (non-hydrogen) atoms. The zero-order valence-corrected chi connectivity index (χ0v) is 15.2. The molecule has 1 amide bonds. The van der Waals surface area contributed by atoms with Crippen molar-refractivity contribution < 1.29 is 9.21 Å². The lowest BCUT2D eigenvalue weighted by Gasteiger charge is -2.09. The number of carbonyl (C=O) groups is 1. The van der Waals surface area contributed by atoms with Gasteiger partial charge >= 0.3 is 0 Å². The highest BCUT2D eigenvalue weighted by Crippen LogP contribution is 2.32. The number of nitrogens with zero attached hydrogens (tertiary/aromatic N) is 4. The maximum atomic E-state index is 13.0. The fourth-order valence-electron chi connectivity index (χ4n) is 3.56. The fourth-order valence-corrected chi connectivity index (χ4v) is 3.56. The smallest absolute Gasteiger partial charge is 0.268 e. The first-order chi connectivity index (χ1) is 13.7. The van der Waals surface area contributed by atoms with Gasteiger partial charge in [-0.3, -0.25) is 9.36 Å². The Hall–Kier alpha value is -3.87. The van der Waals surface area contributed by atoms with E-state index in [4.69, 9.17) is 4.42 Å². The summed E-state index contributed by atoms with van der Waals surface area (Å²) in [6.45, 7) is 0.309. The lowest BCUT2D eigenvalue weighted by atomic mass is 10.2. The zero-order chi connectivity index (χ0) is 19.1. The van der Waals surface area contributed by atoms with Crippen molar-refractivity contribution in [2.24, 2.45) is 7.05 Å². The summed E-state index contributed by atoms with van der Waals surface area (Å²) in [5, 5.41) is 3.95. The predicted molar refractivity (Wildman–Crippen MR) is 105 cm³/mol. The summed E-state index contributed by atoms with van der Waals surface area (Å²) < 4.78 is 9.20. The summed E-state index contributed by atoms with van der Waals surface area (Å²) in [5.41, 5.74) is 3.41. The zero-order valence-electron chi connectivity index (χ0n) is 15.2. The molecule has 0 saturated carbocycles. The third-order valence-corrected chi connectivity index (χ3v) is 4.85. The van der Waals surface area contributed by atoms with Crippen molar-refractivity contribution in [1.29, 1.82) is 0 Å². The second-order valence-electron chi connectivity index (χ2n) is 6.49. The Morgan fingerprint density at radius 1 is 1.07 bits per heavy atom. The largest absolute Gasteiger partial charge is 0.467 e. The van der Waals surface area contributed by atoms with Gasteiger partial charge in [0, 0.05) is 24.8 Å². The van der Waals surface area contributed by atoms with Crippen molar-refractivity contribution in [3.05, 3.63) is 78.6 Å². The highest BCUT2D eigenvalue weighted by Gasteiger charge is 2.23. The van der Waals surface area contributed by atoms with E-state index in [9.17, 15) is 4.79 Å². The van der Waals surface area contributed by atoms with Crippen LogP contribution in [-0.2, 0) is 13.6 Å². The van der Waals surface area contributed by atoms with Crippen LogP contribution < -0.4 is 5.32 Å². The summed E-state index contributed by atoms with van der Waals surface area (Å²) in [6.07, 6.45) is 4.93. The number of furan rings is 1. The van der Waals surface area contributed by atoms with Gasteiger partial charge < -0.3 is 14.3 Å². The van der Waals surface area contributed by atoms with E-state index < -0.39 is 0 Å². The topological polar surface area (TPSA) is 77.9 Å². The summed E-state index contributed by atoms with van der Waals surface area (Å²) in [6, 6.07) is 15.3. The van der Waals surface area contributed by atoms with Gasteiger partial charge in [0.15, 0.2) is 0 Å². The number of hydrogen-bond donors (Lipinski definition) is 1. The molecule has 0 aliphatic carbocycles. The monoisotopic (exact) mass is 371 g/mol. The van der Waals surface area contributed by atoms with Gasteiger partial charge in [0.25, 0.3) is 5.91 Å². The number of benzene rings is 1. The van der Waals surface area contributed by atoms with Crippen LogP contribution in [0.3, 0.4) is 0 Å². The molecule has 0 aliphatic rings. The normalized spacial score (nSPS) is 11.3. The van der Waals surface area contributed by atoms with Crippen LogP contribution in [0.15, 0.2) is 71.6 Å². The van der Waals surface area contributed by atoms with Crippen molar-refractivity contribution in [3.8, 4) is 5.95 Å². The third kappa shape index (κ3) is 2.48. The van der Waals surface area contributed by atoms with Gasteiger partial charge in [-0.15, -0.1) is 0 Å². The van der Waals surface area contributed by atoms with Crippen molar-refractivity contribution in [1.82, 2.24) is 24.4 Å². The second-order valence-corrected chi connectivity index (χ2v) is 6.49. The average Bonchev–Trinajstić information content (AvgIpc) is 3.44. The van der Waals surface area contributed by atoms with Gasteiger partial charge in [-0.25, -0.2) is 9.97 Å². The van der Waals surface area contributed by atoms with E-state index in [0.717, 1.165) is 21.9 Å². The van der Waals surface area contributed by atoms with E-state index >= 15 is 0 Å². The minimum atomic E-state index is -0.218. The maximum absolute atomic E-state index is 13.0. The number of nitrogens with one attached hydrogen (secondary N) is 1. The molecule has 0 atom stereocenters. The van der Waals surface area contributed by atoms with E-state index in [2.05, 4.69) is 25.9 Å². The van der Waals surface area contributed by atoms with Crippen LogP contribution in [0.4, 0.5) is 0 Å². The Balaban J connectivity index is 1.70. The second kappa shape index (κ2) is 6.38. The molecule has 0 saturated heterocycles. The molecule has 138 valence electrons. The fraction of sp³-hybridized carbons (Fsp3) is 0.0952. The number of amides is 1. The molecule has 1 aromatic carbocycles. The van der Waals surface area contributed by atoms with Crippen molar-refractivity contribution in [2.45, 2.75) is 6.54 Å². The quantitative estimate of drug-likeness (QED) is 0.525. The molecule has 0 spiro atoms. The van der Waals surface area contributed by atoms with Crippen LogP contribution >= 0.6 is 0 Å². The lowest BCUT2D eigenvalue weighted by Crippen LogP contribution is -2.25. The number of fused-ring (bicyclic) bond motifs is 3. The molecule has 1 N–H and O–H groups in total. The van der Waals surface area contributed by atoms with Gasteiger partial charge in [0.1, 0.15) is 11.5 Å². The van der Waals surface area contributed by atoms with Gasteiger partial charge in [-0.2, -0.15) is 0 Å². The highest BCUT2D eigenvalue weighted by atomic mass is 16.3. The molecular weight excluding hydrogens is 354 g/mol. The summed E-state index contributed by atoms with van der Waals surface area (Å²) in [5.74, 6) is 0.929. The van der Waals surface area contributed by atoms with Gasteiger partial charge in [0.2, 0.25) is 5.95 Å². The maximum Gasteiger partial charge on any atom is 0.268 e. The first kappa shape index (κ1) is 16.3. The van der Waals surface area contributed by atoms with Gasteiger partial charge in [-0.05, 0) is 30.3 Å². The number of carbonyl (C=O) groups excluding carboxylic acids is 1. The number of aromatic nitrogens is 4. The van der Waals surface area contributed by atoms with E-state index in [-0.39, 0.29) is 5.91 Å². The first-order valence-electron chi connectivity index (χ1n) is 8.91. The molecule has 5 rings (SSSR count). The predicted octanol–water partition coefficient (Wildman–Crippen LogP) is 3.44. The summed E-state index contributed by atoms with van der Waals surface area (Å²) in [7, 11) is 1.99. The summed E-state index contributed by atoms with van der Waals surface area (Å²) >= 11 is 0. The lowest BCUT2D eigenvalue weighted by molar-refractivity contribution is 0.0941. The minimum absolute atomic E-state index is 0.218. The highest BCUT2D eigenvalue weighted by molar-refractivity contribution is 6.10. The SMILES string of the molecule is Cn1c2ccccc2c2c1cc(C(=O)NCc1ccco1)n2-c1ncccn1. The first-order valence-corrected chi connectivity index (χ1v) is 8.91. The number of hydrogen-bond acceptors (Lipinski definition) is 4. The Labute approximate surface area is 160 Å². The van der Waals surface area contributed by atoms with E-state index in [1.54, 1.807) is 30.8 Å². The molecular formula is C21H17N5O2. The Morgan fingerprint density at radius 2 is 1.89 bits per heavy atom. The molecule has 0 radical (unpaired) electrons. The Morgan fingerprint density at radius 3 is 2.68 bits per heavy atom. The third-order valence-electron chi connectivity index (χ3n) is 4.85. The molecule has 5 aromatic rings. The molecule has 0 unspecified atom stereocenters. The number of para-hydroxylation sites is 1. The van der Waals surface area contributed by atoms with Crippen molar-refractivity contribution >= 4 is 27.8 Å². The molecule has 7 nitrogen and oxygen atoms in total. The van der Waals surface area contributed by atoms with E-state index in [1.165, 1.54) is 0 Å². The molecule has 0 aliphatic heterocycles. The molecule has 7 heteroatoms.